The SMILES string of the molecule is O=C(CCCP(=O)(O)O)Nc1cccc([N+](=O)[O-])c1. The number of non-ortho nitro benzene ring substituents is 1. The average Bonchev–Trinajstić information content (AvgIpc) is 2.27. The van der Waals surface area contributed by atoms with Gasteiger partial charge in [-0.15, -0.1) is 0 Å². The van der Waals surface area contributed by atoms with Gasteiger partial charge in [-0.3, -0.25) is 19.5 Å². The van der Waals surface area contributed by atoms with Crippen molar-refractivity contribution >= 4 is 24.9 Å². The summed E-state index contributed by atoms with van der Waals surface area (Å²) in [6, 6.07) is 5.43. The van der Waals surface area contributed by atoms with Crippen LogP contribution in [0.15, 0.2) is 24.3 Å². The van der Waals surface area contributed by atoms with Gasteiger partial charge in [-0.25, -0.2) is 0 Å². The number of nitro groups is 1. The summed E-state index contributed by atoms with van der Waals surface area (Å²) < 4.78 is 10.6. The van der Waals surface area contributed by atoms with Gasteiger partial charge in [0.1, 0.15) is 0 Å². The maximum absolute atomic E-state index is 11.4. The van der Waals surface area contributed by atoms with Crippen LogP contribution in [0.3, 0.4) is 0 Å². The topological polar surface area (TPSA) is 130 Å². The van der Waals surface area contributed by atoms with E-state index >= 15 is 0 Å². The van der Waals surface area contributed by atoms with Gasteiger partial charge in [0.15, 0.2) is 0 Å². The Labute approximate surface area is 108 Å². The van der Waals surface area contributed by atoms with Crippen molar-refractivity contribution in [1.82, 2.24) is 0 Å². The van der Waals surface area contributed by atoms with Gasteiger partial charge in [0.2, 0.25) is 5.91 Å². The highest BCUT2D eigenvalue weighted by atomic mass is 31.2. The molecule has 8 nitrogen and oxygen atoms in total. The van der Waals surface area contributed by atoms with Crippen LogP contribution in [0, 0.1) is 10.1 Å². The van der Waals surface area contributed by atoms with Crippen LogP contribution < -0.4 is 5.32 Å². The number of nitro benzene ring substituents is 1. The minimum absolute atomic E-state index is 0.0467. The van der Waals surface area contributed by atoms with Crippen molar-refractivity contribution in [2.75, 3.05) is 11.5 Å². The summed E-state index contributed by atoms with van der Waals surface area (Å²) >= 11 is 0. The molecule has 0 aliphatic carbocycles. The number of nitrogens with one attached hydrogen (secondary N) is 1. The third-order valence-electron chi connectivity index (χ3n) is 2.19. The lowest BCUT2D eigenvalue weighted by Crippen LogP contribution is -2.11. The van der Waals surface area contributed by atoms with E-state index in [-0.39, 0.29) is 30.4 Å². The van der Waals surface area contributed by atoms with Crippen molar-refractivity contribution in [2.45, 2.75) is 12.8 Å². The van der Waals surface area contributed by atoms with E-state index in [1.165, 1.54) is 24.3 Å². The van der Waals surface area contributed by atoms with Crippen LogP contribution in [0.25, 0.3) is 0 Å². The van der Waals surface area contributed by atoms with Crippen LogP contribution in [-0.2, 0) is 9.36 Å². The monoisotopic (exact) mass is 288 g/mol. The lowest BCUT2D eigenvalue weighted by atomic mass is 10.2. The van der Waals surface area contributed by atoms with E-state index in [1.807, 2.05) is 0 Å². The third kappa shape index (κ3) is 6.10. The fourth-order valence-corrected chi connectivity index (χ4v) is 1.94. The highest BCUT2D eigenvalue weighted by Gasteiger charge is 2.14. The molecule has 0 aliphatic rings. The molecule has 1 aromatic carbocycles. The Morgan fingerprint density at radius 2 is 2.11 bits per heavy atom. The van der Waals surface area contributed by atoms with E-state index < -0.39 is 18.4 Å². The molecule has 9 heteroatoms. The molecule has 1 amide bonds. The molecule has 0 saturated carbocycles. The lowest BCUT2D eigenvalue weighted by Gasteiger charge is -2.05. The molecule has 1 aromatic rings. The predicted octanol–water partition coefficient (Wildman–Crippen LogP) is 1.49. The van der Waals surface area contributed by atoms with Gasteiger partial charge in [-0.1, -0.05) is 6.07 Å². The van der Waals surface area contributed by atoms with Crippen LogP contribution in [0.4, 0.5) is 11.4 Å². The molecule has 3 N–H and O–H groups in total. The van der Waals surface area contributed by atoms with Gasteiger partial charge < -0.3 is 15.1 Å². The van der Waals surface area contributed by atoms with Crippen molar-refractivity contribution < 1.29 is 24.1 Å². The third-order valence-corrected chi connectivity index (χ3v) is 3.09. The maximum Gasteiger partial charge on any atom is 0.325 e. The number of amides is 1. The van der Waals surface area contributed by atoms with Gasteiger partial charge in [0, 0.05) is 24.2 Å². The molecular weight excluding hydrogens is 275 g/mol. The van der Waals surface area contributed by atoms with Crippen LogP contribution in [-0.4, -0.2) is 26.8 Å². The second kappa shape index (κ2) is 6.42. The summed E-state index contributed by atoms with van der Waals surface area (Å²) in [5.41, 5.74) is 0.128. The molecule has 0 fully saturated rings. The van der Waals surface area contributed by atoms with E-state index in [4.69, 9.17) is 9.79 Å². The molecule has 0 bridgehead atoms. The van der Waals surface area contributed by atoms with Crippen LogP contribution in [0.1, 0.15) is 12.8 Å². The second-order valence-electron chi connectivity index (χ2n) is 3.85. The average molecular weight is 288 g/mol. The normalized spacial score (nSPS) is 11.1. The molecular formula is C10H13N2O6P. The molecule has 0 aliphatic heterocycles. The summed E-state index contributed by atoms with van der Waals surface area (Å²) in [5.74, 6) is -0.450. The van der Waals surface area contributed by atoms with Crippen molar-refractivity contribution in [3.8, 4) is 0 Å². The Hall–Kier alpha value is -1.76. The van der Waals surface area contributed by atoms with Crippen LogP contribution in [0.5, 0.6) is 0 Å². The first-order valence-corrected chi connectivity index (χ1v) is 7.16. The zero-order valence-corrected chi connectivity index (χ0v) is 10.7. The predicted molar refractivity (Wildman–Crippen MR) is 67.9 cm³/mol. The van der Waals surface area contributed by atoms with Crippen molar-refractivity contribution in [2.24, 2.45) is 0 Å². The Bertz CT molecular complexity index is 527. The molecule has 1 rings (SSSR count). The summed E-state index contributed by atoms with van der Waals surface area (Å²) in [5, 5.41) is 13.0. The number of carbonyl (C=O) groups excluding carboxylic acids is 1. The zero-order valence-electron chi connectivity index (χ0n) is 9.85. The lowest BCUT2D eigenvalue weighted by molar-refractivity contribution is -0.384. The van der Waals surface area contributed by atoms with Crippen LogP contribution >= 0.6 is 7.60 Å². The zero-order chi connectivity index (χ0) is 14.5. The quantitative estimate of drug-likeness (QED) is 0.413. The van der Waals surface area contributed by atoms with Gasteiger partial charge in [0.25, 0.3) is 5.69 Å². The van der Waals surface area contributed by atoms with E-state index in [0.717, 1.165) is 0 Å². The highest BCUT2D eigenvalue weighted by molar-refractivity contribution is 7.51. The summed E-state index contributed by atoms with van der Waals surface area (Å²) in [6.07, 6.45) is -0.381. The van der Waals surface area contributed by atoms with E-state index in [1.54, 1.807) is 0 Å². The Balaban J connectivity index is 2.51. The molecule has 0 aromatic heterocycles. The number of anilines is 1. The van der Waals surface area contributed by atoms with E-state index in [9.17, 15) is 19.5 Å². The molecule has 0 heterocycles. The molecule has 0 unspecified atom stereocenters. The minimum atomic E-state index is -4.09. The summed E-state index contributed by atoms with van der Waals surface area (Å²) in [4.78, 5) is 38.6. The molecule has 0 atom stereocenters. The Kier molecular flexibility index (Phi) is 5.17. The minimum Gasteiger partial charge on any atom is -0.326 e. The number of hydrogen-bond donors (Lipinski definition) is 3. The fraction of sp³-hybridized carbons (Fsp3) is 0.300. The van der Waals surface area contributed by atoms with Crippen molar-refractivity contribution in [1.29, 1.82) is 0 Å². The molecule has 0 radical (unpaired) electrons. The first-order valence-electron chi connectivity index (χ1n) is 5.37. The van der Waals surface area contributed by atoms with Gasteiger partial charge in [0.05, 0.1) is 11.1 Å². The number of benzene rings is 1. The number of rotatable bonds is 6. The largest absolute Gasteiger partial charge is 0.326 e. The summed E-state index contributed by atoms with van der Waals surface area (Å²) in [7, 11) is -4.09. The molecule has 0 saturated heterocycles. The molecule has 0 spiro atoms. The van der Waals surface area contributed by atoms with Gasteiger partial charge in [-0.05, 0) is 12.5 Å². The Morgan fingerprint density at radius 1 is 1.42 bits per heavy atom. The smallest absolute Gasteiger partial charge is 0.325 e. The first kappa shape index (κ1) is 15.3. The van der Waals surface area contributed by atoms with Gasteiger partial charge >= 0.3 is 7.60 Å². The standard InChI is InChI=1S/C10H13N2O6P/c13-10(5-2-6-19(16,17)18)11-8-3-1-4-9(7-8)12(14)15/h1,3-4,7H,2,5-6H2,(H,11,13)(H2,16,17,18). The highest BCUT2D eigenvalue weighted by Crippen LogP contribution is 2.35. The first-order chi connectivity index (χ1) is 8.78. The molecule has 19 heavy (non-hydrogen) atoms. The van der Waals surface area contributed by atoms with E-state index in [2.05, 4.69) is 5.32 Å². The second-order valence-corrected chi connectivity index (χ2v) is 5.62. The number of carbonyl (C=O) groups is 1. The van der Waals surface area contributed by atoms with Crippen molar-refractivity contribution in [3.05, 3.63) is 34.4 Å². The van der Waals surface area contributed by atoms with Crippen molar-refractivity contribution in [3.63, 3.8) is 0 Å². The van der Waals surface area contributed by atoms with Crippen LogP contribution in [0.2, 0.25) is 0 Å². The Morgan fingerprint density at radius 3 is 2.68 bits per heavy atom. The maximum atomic E-state index is 11.4. The number of hydrogen-bond acceptors (Lipinski definition) is 4. The number of nitrogens with zero attached hydrogens (tertiary/aromatic N) is 1. The fourth-order valence-electron chi connectivity index (χ4n) is 1.37. The van der Waals surface area contributed by atoms with E-state index in [0.29, 0.717) is 0 Å². The van der Waals surface area contributed by atoms with Gasteiger partial charge in [-0.2, -0.15) is 0 Å². The summed E-state index contributed by atoms with van der Waals surface area (Å²) in [6.45, 7) is 0. The molecule has 104 valence electrons.